The van der Waals surface area contributed by atoms with Gasteiger partial charge in [-0.25, -0.2) is 9.59 Å². The van der Waals surface area contributed by atoms with Crippen LogP contribution in [0.25, 0.3) is 0 Å². The zero-order chi connectivity index (χ0) is 18.5. The predicted molar refractivity (Wildman–Crippen MR) is 89.3 cm³/mol. The highest BCUT2D eigenvalue weighted by Gasteiger charge is 2.56. The Labute approximate surface area is 146 Å². The van der Waals surface area contributed by atoms with Crippen LogP contribution >= 0.6 is 0 Å². The normalized spacial score (nSPS) is 38.1. The summed E-state index contributed by atoms with van der Waals surface area (Å²) in [5, 5.41) is 19.2. The highest BCUT2D eigenvalue weighted by molar-refractivity contribution is 5.91. The fourth-order valence-corrected chi connectivity index (χ4v) is 4.15. The molecule has 25 heavy (non-hydrogen) atoms. The van der Waals surface area contributed by atoms with Crippen LogP contribution in [-0.4, -0.2) is 40.5 Å². The number of hydrogen-bond donors (Lipinski definition) is 2. The molecule has 0 radical (unpaired) electrons. The van der Waals surface area contributed by atoms with Crippen molar-refractivity contribution in [3.63, 3.8) is 0 Å². The predicted octanol–water partition coefficient (Wildman–Crippen LogP) is 1.97. The van der Waals surface area contributed by atoms with Gasteiger partial charge in [0.1, 0.15) is 12.2 Å². The van der Waals surface area contributed by atoms with Crippen molar-refractivity contribution in [3.8, 4) is 0 Å². The quantitative estimate of drug-likeness (QED) is 0.344. The smallest absolute Gasteiger partial charge is 0.337 e. The summed E-state index contributed by atoms with van der Waals surface area (Å²) in [7, 11) is 0. The van der Waals surface area contributed by atoms with Crippen molar-refractivity contribution in [2.45, 2.75) is 38.1 Å². The van der Waals surface area contributed by atoms with Crippen LogP contribution in [0, 0.1) is 17.8 Å². The van der Waals surface area contributed by atoms with Crippen LogP contribution in [0.5, 0.6) is 0 Å². The zero-order valence-electron chi connectivity index (χ0n) is 14.1. The molecule has 3 aliphatic rings. The van der Waals surface area contributed by atoms with Crippen LogP contribution in [0.3, 0.4) is 0 Å². The molecule has 2 N–H and O–H groups in total. The van der Waals surface area contributed by atoms with E-state index in [1.807, 2.05) is 0 Å². The number of esters is 2. The van der Waals surface area contributed by atoms with Crippen LogP contribution in [0.4, 0.5) is 0 Å². The van der Waals surface area contributed by atoms with Crippen molar-refractivity contribution in [1.29, 1.82) is 0 Å². The molecule has 0 spiro atoms. The monoisotopic (exact) mass is 346 g/mol. The lowest BCUT2D eigenvalue weighted by Crippen LogP contribution is -2.36. The minimum Gasteiger partial charge on any atom is -0.515 e. The van der Waals surface area contributed by atoms with Crippen molar-refractivity contribution in [3.05, 3.63) is 48.3 Å². The van der Waals surface area contributed by atoms with Gasteiger partial charge in [-0.2, -0.15) is 0 Å². The first-order valence-corrected chi connectivity index (χ1v) is 8.22. The zero-order valence-corrected chi connectivity index (χ0v) is 14.1. The van der Waals surface area contributed by atoms with Gasteiger partial charge in [0.15, 0.2) is 0 Å². The van der Waals surface area contributed by atoms with Gasteiger partial charge < -0.3 is 19.7 Å². The van der Waals surface area contributed by atoms with Gasteiger partial charge in [0.05, 0.1) is 23.9 Å². The number of ether oxygens (including phenoxy) is 2. The Morgan fingerprint density at radius 2 is 2.00 bits per heavy atom. The van der Waals surface area contributed by atoms with Gasteiger partial charge in [0.2, 0.25) is 0 Å². The first-order valence-electron chi connectivity index (χ1n) is 8.22. The number of rotatable bonds is 2. The van der Waals surface area contributed by atoms with E-state index in [2.05, 4.69) is 19.7 Å². The van der Waals surface area contributed by atoms with E-state index >= 15 is 0 Å². The second-order valence-corrected chi connectivity index (χ2v) is 7.00. The molecule has 6 nitrogen and oxygen atoms in total. The molecule has 3 rings (SSSR count). The van der Waals surface area contributed by atoms with E-state index in [1.54, 1.807) is 0 Å². The molecule has 1 heterocycles. The van der Waals surface area contributed by atoms with Crippen molar-refractivity contribution < 1.29 is 29.3 Å². The summed E-state index contributed by atoms with van der Waals surface area (Å²) in [5.41, 5.74) is 1.74. The molecule has 1 aliphatic heterocycles. The van der Waals surface area contributed by atoms with Crippen LogP contribution in [0.2, 0.25) is 0 Å². The molecule has 0 unspecified atom stereocenters. The minimum absolute atomic E-state index is 0.0577. The Morgan fingerprint density at radius 3 is 2.64 bits per heavy atom. The van der Waals surface area contributed by atoms with Gasteiger partial charge in [-0.1, -0.05) is 25.3 Å². The average Bonchev–Trinajstić information content (AvgIpc) is 2.99. The largest absolute Gasteiger partial charge is 0.515 e. The summed E-state index contributed by atoms with van der Waals surface area (Å²) in [5.74, 6) is -2.08. The van der Waals surface area contributed by atoms with E-state index in [4.69, 9.17) is 14.6 Å². The van der Waals surface area contributed by atoms with E-state index in [1.165, 1.54) is 6.92 Å². The summed E-state index contributed by atoms with van der Waals surface area (Å²) >= 11 is 0. The Morgan fingerprint density at radius 1 is 1.32 bits per heavy atom. The second kappa shape index (κ2) is 6.19. The Hall–Kier alpha value is -2.34. The molecule has 6 atom stereocenters. The number of hydrogen-bond acceptors (Lipinski definition) is 6. The molecule has 2 saturated carbocycles. The Kier molecular flexibility index (Phi) is 4.33. The molecule has 134 valence electrons. The topological polar surface area (TPSA) is 93.1 Å². The van der Waals surface area contributed by atoms with Crippen molar-refractivity contribution in [1.82, 2.24) is 0 Å². The van der Waals surface area contributed by atoms with Gasteiger partial charge in [0.25, 0.3) is 0 Å². The van der Waals surface area contributed by atoms with Gasteiger partial charge in [-0.15, -0.1) is 0 Å². The SMILES string of the molecule is C=C1C(=O)O[C@@H]2[C@H]3C(=C)[C@@H](O)C[C@H]3C(=C)C[C@H](OC(=O)/C(C)=C/O)[C@@H]12. The van der Waals surface area contributed by atoms with E-state index < -0.39 is 36.2 Å². The summed E-state index contributed by atoms with van der Waals surface area (Å²) in [6.07, 6.45) is -0.448. The third-order valence-electron chi connectivity index (χ3n) is 5.54. The lowest BCUT2D eigenvalue weighted by molar-refractivity contribution is -0.148. The molecule has 0 aromatic heterocycles. The molecule has 0 aromatic carbocycles. The number of fused-ring (bicyclic) bond motifs is 3. The molecule has 6 heteroatoms. The minimum atomic E-state index is -0.672. The highest BCUT2D eigenvalue weighted by Crippen LogP contribution is 2.52. The van der Waals surface area contributed by atoms with Crippen LogP contribution in [0.15, 0.2) is 48.3 Å². The van der Waals surface area contributed by atoms with Gasteiger partial charge in [-0.3, -0.25) is 0 Å². The van der Waals surface area contributed by atoms with Crippen molar-refractivity contribution >= 4 is 11.9 Å². The second-order valence-electron chi connectivity index (χ2n) is 7.00. The molecule has 0 bridgehead atoms. The molecular weight excluding hydrogens is 324 g/mol. The Balaban J connectivity index is 1.98. The molecular formula is C19H22O6. The fourth-order valence-electron chi connectivity index (χ4n) is 4.15. The van der Waals surface area contributed by atoms with E-state index in [0.29, 0.717) is 24.7 Å². The molecule has 0 amide bonds. The van der Waals surface area contributed by atoms with Crippen LogP contribution in [-0.2, 0) is 19.1 Å². The number of aliphatic hydroxyl groups is 2. The third kappa shape index (κ3) is 2.70. The maximum atomic E-state index is 12.1. The fraction of sp³-hybridized carbons (Fsp3) is 0.474. The van der Waals surface area contributed by atoms with E-state index in [-0.39, 0.29) is 23.0 Å². The summed E-state index contributed by atoms with van der Waals surface area (Å²) < 4.78 is 11.1. The number of carbonyl (C=O) groups excluding carboxylic acids is 2. The molecule has 3 fully saturated rings. The van der Waals surface area contributed by atoms with Crippen molar-refractivity contribution in [2.24, 2.45) is 17.8 Å². The lowest BCUT2D eigenvalue weighted by atomic mass is 9.81. The highest BCUT2D eigenvalue weighted by atomic mass is 16.6. The molecule has 1 saturated heterocycles. The summed E-state index contributed by atoms with van der Waals surface area (Å²) in [6.45, 7) is 13.3. The summed E-state index contributed by atoms with van der Waals surface area (Å²) in [6, 6.07) is 0. The number of aliphatic hydroxyl groups excluding tert-OH is 2. The van der Waals surface area contributed by atoms with Crippen LogP contribution in [0.1, 0.15) is 19.8 Å². The van der Waals surface area contributed by atoms with E-state index in [9.17, 15) is 14.7 Å². The number of carbonyl (C=O) groups is 2. The molecule has 0 aromatic rings. The first kappa shape index (κ1) is 17.5. The molecule has 2 aliphatic carbocycles. The van der Waals surface area contributed by atoms with Gasteiger partial charge in [0, 0.05) is 17.9 Å². The van der Waals surface area contributed by atoms with Gasteiger partial charge >= 0.3 is 11.9 Å². The summed E-state index contributed by atoms with van der Waals surface area (Å²) in [4.78, 5) is 24.2. The van der Waals surface area contributed by atoms with Crippen molar-refractivity contribution in [2.75, 3.05) is 0 Å². The maximum absolute atomic E-state index is 12.1. The maximum Gasteiger partial charge on any atom is 0.337 e. The third-order valence-corrected chi connectivity index (χ3v) is 5.54. The lowest BCUT2D eigenvalue weighted by Gasteiger charge is -2.28. The van der Waals surface area contributed by atoms with Gasteiger partial charge in [-0.05, 0) is 24.8 Å². The first-order chi connectivity index (χ1) is 11.8. The standard InChI is InChI=1S/C19H22O6/c1-8-5-14(24-18(22)9(2)7-20)16-11(4)19(23)25-17(16)15-10(3)13(21)6-12(8)15/h7,12-17,20-21H,1,3-6H2,2H3/b9-7+/t12-,13-,14-,15-,16+,17+/m0/s1. The van der Waals surface area contributed by atoms with E-state index in [0.717, 1.165) is 5.57 Å². The van der Waals surface area contributed by atoms with Crippen LogP contribution < -0.4 is 0 Å². The average molecular weight is 346 g/mol. The Bertz CT molecular complexity index is 703.